The number of hydrogen-bond donors (Lipinski definition) is 1. The van der Waals surface area contributed by atoms with E-state index in [-0.39, 0.29) is 11.7 Å². The lowest BCUT2D eigenvalue weighted by Crippen LogP contribution is -2.13. The van der Waals surface area contributed by atoms with Gasteiger partial charge in [0.25, 0.3) is 5.22 Å². The van der Waals surface area contributed by atoms with E-state index in [1.54, 1.807) is 0 Å². The molecule has 0 bridgehead atoms. The molecule has 0 saturated heterocycles. The Labute approximate surface area is 160 Å². The predicted molar refractivity (Wildman–Crippen MR) is 108 cm³/mol. The maximum atomic E-state index is 12.2. The van der Waals surface area contributed by atoms with Gasteiger partial charge >= 0.3 is 0 Å². The topological polar surface area (TPSA) is 68.0 Å². The zero-order chi connectivity index (χ0) is 18.6. The van der Waals surface area contributed by atoms with Crippen LogP contribution in [0.15, 0.2) is 76.4 Å². The quantitative estimate of drug-likeness (QED) is 0.501. The van der Waals surface area contributed by atoms with Gasteiger partial charge in [0.1, 0.15) is 0 Å². The molecule has 0 atom stereocenters. The molecule has 4 aromatic rings. The highest BCUT2D eigenvalue weighted by Gasteiger charge is 2.12. The average molecular weight is 375 g/mol. The summed E-state index contributed by atoms with van der Waals surface area (Å²) in [6.45, 7) is 1.99. The third-order valence-electron chi connectivity index (χ3n) is 4.14. The minimum absolute atomic E-state index is 0.120. The molecule has 0 spiro atoms. The van der Waals surface area contributed by atoms with Crippen LogP contribution in [0.3, 0.4) is 0 Å². The fraction of sp³-hybridized carbons (Fsp3) is 0.0952. The number of amides is 1. The van der Waals surface area contributed by atoms with Gasteiger partial charge in [0, 0.05) is 11.3 Å². The van der Waals surface area contributed by atoms with Gasteiger partial charge in [-0.2, -0.15) is 0 Å². The lowest BCUT2D eigenvalue weighted by molar-refractivity contribution is -0.113. The van der Waals surface area contributed by atoms with Crippen molar-refractivity contribution < 1.29 is 9.21 Å². The van der Waals surface area contributed by atoms with E-state index < -0.39 is 0 Å². The van der Waals surface area contributed by atoms with E-state index in [0.717, 1.165) is 27.6 Å². The van der Waals surface area contributed by atoms with E-state index in [1.165, 1.54) is 11.8 Å². The summed E-state index contributed by atoms with van der Waals surface area (Å²) in [7, 11) is 0. The Hall–Kier alpha value is -3.12. The van der Waals surface area contributed by atoms with E-state index in [1.807, 2.05) is 73.7 Å². The van der Waals surface area contributed by atoms with Gasteiger partial charge in [-0.05, 0) is 41.5 Å². The summed E-state index contributed by atoms with van der Waals surface area (Å²) in [5.74, 6) is 0.541. The highest BCUT2D eigenvalue weighted by atomic mass is 32.2. The fourth-order valence-electron chi connectivity index (χ4n) is 2.78. The second-order valence-corrected chi connectivity index (χ2v) is 7.01. The maximum Gasteiger partial charge on any atom is 0.277 e. The van der Waals surface area contributed by atoms with Crippen LogP contribution < -0.4 is 5.32 Å². The number of nitrogens with one attached hydrogen (secondary N) is 1. The van der Waals surface area contributed by atoms with Crippen LogP contribution in [0.25, 0.3) is 22.2 Å². The van der Waals surface area contributed by atoms with Crippen LogP contribution in [0, 0.1) is 6.92 Å². The van der Waals surface area contributed by atoms with Gasteiger partial charge in [0.15, 0.2) is 0 Å². The summed E-state index contributed by atoms with van der Waals surface area (Å²) in [6, 6.07) is 21.7. The number of aryl methyl sites for hydroxylation is 1. The summed E-state index contributed by atoms with van der Waals surface area (Å²) < 4.78 is 5.67. The minimum Gasteiger partial charge on any atom is -0.411 e. The summed E-state index contributed by atoms with van der Waals surface area (Å²) in [4.78, 5) is 12.2. The standard InChI is InChI=1S/C21H17N3O2S/c1-14-6-2-5-9-18(14)20-23-24-21(26-20)27-13-19(25)22-17-11-10-15-7-3-4-8-16(15)12-17/h2-12H,13H2,1H3,(H,22,25). The van der Waals surface area contributed by atoms with Crippen molar-refractivity contribution in [2.24, 2.45) is 0 Å². The molecule has 1 amide bonds. The first-order valence-corrected chi connectivity index (χ1v) is 9.48. The molecule has 27 heavy (non-hydrogen) atoms. The number of nitrogens with zero attached hydrogens (tertiary/aromatic N) is 2. The number of aromatic nitrogens is 2. The molecule has 1 heterocycles. The number of hydrogen-bond acceptors (Lipinski definition) is 5. The molecule has 6 heteroatoms. The third kappa shape index (κ3) is 4.01. The Bertz CT molecular complexity index is 1110. The van der Waals surface area contributed by atoms with Crippen molar-refractivity contribution in [3.05, 3.63) is 72.3 Å². The molecule has 0 aliphatic heterocycles. The molecule has 1 N–H and O–H groups in total. The van der Waals surface area contributed by atoms with E-state index in [2.05, 4.69) is 15.5 Å². The maximum absolute atomic E-state index is 12.2. The van der Waals surface area contributed by atoms with Gasteiger partial charge in [-0.25, -0.2) is 0 Å². The first-order valence-electron chi connectivity index (χ1n) is 8.50. The predicted octanol–water partition coefficient (Wildman–Crippen LogP) is 4.93. The number of benzene rings is 3. The molecule has 0 unspecified atom stereocenters. The minimum atomic E-state index is -0.120. The number of carbonyl (C=O) groups is 1. The SMILES string of the molecule is Cc1ccccc1-c1nnc(SCC(=O)Nc2ccc3ccccc3c2)o1. The van der Waals surface area contributed by atoms with Crippen molar-refractivity contribution in [1.82, 2.24) is 10.2 Å². The Morgan fingerprint density at radius 1 is 1.00 bits per heavy atom. The molecular formula is C21H17N3O2S. The fourth-order valence-corrected chi connectivity index (χ4v) is 3.34. The summed E-state index contributed by atoms with van der Waals surface area (Å²) in [5, 5.41) is 13.6. The van der Waals surface area contributed by atoms with Crippen molar-refractivity contribution in [3.8, 4) is 11.5 Å². The van der Waals surface area contributed by atoms with Crippen molar-refractivity contribution in [3.63, 3.8) is 0 Å². The molecule has 1 aromatic heterocycles. The first kappa shape index (κ1) is 17.3. The molecule has 5 nitrogen and oxygen atoms in total. The van der Waals surface area contributed by atoms with Crippen molar-refractivity contribution in [2.45, 2.75) is 12.1 Å². The van der Waals surface area contributed by atoms with Gasteiger partial charge in [0.05, 0.1) is 5.75 Å². The lowest BCUT2D eigenvalue weighted by Gasteiger charge is -2.05. The molecule has 0 saturated carbocycles. The molecule has 0 aliphatic carbocycles. The Morgan fingerprint density at radius 3 is 2.63 bits per heavy atom. The van der Waals surface area contributed by atoms with Crippen molar-refractivity contribution in [2.75, 3.05) is 11.1 Å². The molecule has 134 valence electrons. The number of anilines is 1. The number of rotatable bonds is 5. The van der Waals surface area contributed by atoms with Crippen LogP contribution in [0.4, 0.5) is 5.69 Å². The van der Waals surface area contributed by atoms with E-state index in [4.69, 9.17) is 4.42 Å². The van der Waals surface area contributed by atoms with Gasteiger partial charge < -0.3 is 9.73 Å². The average Bonchev–Trinajstić information content (AvgIpc) is 3.15. The third-order valence-corrected chi connectivity index (χ3v) is 4.96. The molecule has 0 radical (unpaired) electrons. The molecule has 3 aromatic carbocycles. The zero-order valence-corrected chi connectivity index (χ0v) is 15.5. The summed E-state index contributed by atoms with van der Waals surface area (Å²) in [5.41, 5.74) is 2.73. The number of thioether (sulfide) groups is 1. The largest absolute Gasteiger partial charge is 0.411 e. The normalized spacial score (nSPS) is 10.9. The number of fused-ring (bicyclic) bond motifs is 1. The summed E-state index contributed by atoms with van der Waals surface area (Å²) >= 11 is 1.22. The highest BCUT2D eigenvalue weighted by molar-refractivity contribution is 7.99. The lowest BCUT2D eigenvalue weighted by atomic mass is 10.1. The van der Waals surface area contributed by atoms with Gasteiger partial charge in [-0.3, -0.25) is 4.79 Å². The zero-order valence-electron chi connectivity index (χ0n) is 14.7. The Kier molecular flexibility index (Phi) is 4.89. The van der Waals surface area contributed by atoms with Gasteiger partial charge in [-0.1, -0.05) is 60.3 Å². The van der Waals surface area contributed by atoms with Crippen LogP contribution >= 0.6 is 11.8 Å². The second kappa shape index (κ2) is 7.63. The van der Waals surface area contributed by atoms with E-state index >= 15 is 0 Å². The smallest absolute Gasteiger partial charge is 0.277 e. The first-order chi connectivity index (χ1) is 13.2. The van der Waals surface area contributed by atoms with E-state index in [9.17, 15) is 4.79 Å². The Morgan fingerprint density at radius 2 is 1.78 bits per heavy atom. The monoisotopic (exact) mass is 375 g/mol. The van der Waals surface area contributed by atoms with Crippen LogP contribution in [0.5, 0.6) is 0 Å². The van der Waals surface area contributed by atoms with Crippen LogP contribution in [0.2, 0.25) is 0 Å². The highest BCUT2D eigenvalue weighted by Crippen LogP contribution is 2.25. The van der Waals surface area contributed by atoms with Crippen LogP contribution in [-0.4, -0.2) is 21.9 Å². The molecule has 0 aliphatic rings. The van der Waals surface area contributed by atoms with Crippen molar-refractivity contribution >= 4 is 34.1 Å². The summed E-state index contributed by atoms with van der Waals surface area (Å²) in [6.07, 6.45) is 0. The molecule has 4 rings (SSSR count). The van der Waals surface area contributed by atoms with E-state index in [0.29, 0.717) is 11.1 Å². The van der Waals surface area contributed by atoms with Crippen LogP contribution in [-0.2, 0) is 4.79 Å². The van der Waals surface area contributed by atoms with Gasteiger partial charge in [0.2, 0.25) is 11.8 Å². The molecular weight excluding hydrogens is 358 g/mol. The van der Waals surface area contributed by atoms with Crippen molar-refractivity contribution in [1.29, 1.82) is 0 Å². The Balaban J connectivity index is 1.38. The number of carbonyl (C=O) groups excluding carboxylic acids is 1. The van der Waals surface area contributed by atoms with Crippen LogP contribution in [0.1, 0.15) is 5.56 Å². The second-order valence-electron chi connectivity index (χ2n) is 6.09. The van der Waals surface area contributed by atoms with Gasteiger partial charge in [-0.15, -0.1) is 10.2 Å². The molecule has 0 fully saturated rings.